The van der Waals surface area contributed by atoms with E-state index < -0.39 is 0 Å². The summed E-state index contributed by atoms with van der Waals surface area (Å²) in [5.41, 5.74) is 4.14. The third-order valence-corrected chi connectivity index (χ3v) is 3.25. The van der Waals surface area contributed by atoms with Gasteiger partial charge in [-0.3, -0.25) is 5.43 Å². The predicted molar refractivity (Wildman–Crippen MR) is 68.6 cm³/mol. The lowest BCUT2D eigenvalue weighted by Crippen LogP contribution is -2.37. The molecule has 1 aliphatic heterocycles. The van der Waals surface area contributed by atoms with Gasteiger partial charge in [0.2, 0.25) is 0 Å². The highest BCUT2D eigenvalue weighted by Crippen LogP contribution is 2.13. The number of nitrogens with zero attached hydrogens (tertiary/aromatic N) is 1. The SMILES string of the molecule is S=C(NC[C@H]1CCCO1)NN=C1CCCC1. The molecule has 0 bridgehead atoms. The van der Waals surface area contributed by atoms with Gasteiger partial charge in [0.05, 0.1) is 6.10 Å². The molecule has 90 valence electrons. The fraction of sp³-hybridized carbons (Fsp3) is 0.818. The molecule has 2 aliphatic rings. The van der Waals surface area contributed by atoms with Crippen LogP contribution in [-0.4, -0.2) is 30.1 Å². The van der Waals surface area contributed by atoms with Crippen LogP contribution >= 0.6 is 12.2 Å². The molecule has 0 unspecified atom stereocenters. The van der Waals surface area contributed by atoms with Crippen LogP contribution in [0.2, 0.25) is 0 Å². The molecule has 1 aliphatic carbocycles. The second-order valence-electron chi connectivity index (χ2n) is 4.34. The van der Waals surface area contributed by atoms with Crippen LogP contribution in [0.25, 0.3) is 0 Å². The van der Waals surface area contributed by atoms with Gasteiger partial charge in [0.1, 0.15) is 0 Å². The third kappa shape index (κ3) is 3.72. The molecule has 1 saturated carbocycles. The molecular weight excluding hydrogens is 222 g/mol. The summed E-state index contributed by atoms with van der Waals surface area (Å²) in [6.07, 6.45) is 7.36. The molecule has 0 aromatic rings. The summed E-state index contributed by atoms with van der Waals surface area (Å²) in [4.78, 5) is 0. The topological polar surface area (TPSA) is 45.6 Å². The first kappa shape index (κ1) is 11.8. The van der Waals surface area contributed by atoms with Crippen molar-refractivity contribution in [3.8, 4) is 0 Å². The lowest BCUT2D eigenvalue weighted by Gasteiger charge is -2.12. The lowest BCUT2D eigenvalue weighted by atomic mass is 10.2. The highest BCUT2D eigenvalue weighted by Gasteiger charge is 2.15. The number of nitrogens with one attached hydrogen (secondary N) is 2. The van der Waals surface area contributed by atoms with Crippen molar-refractivity contribution in [1.29, 1.82) is 0 Å². The average Bonchev–Trinajstić information content (AvgIpc) is 2.96. The number of hydrogen-bond acceptors (Lipinski definition) is 3. The van der Waals surface area contributed by atoms with Gasteiger partial charge in [0, 0.05) is 18.9 Å². The van der Waals surface area contributed by atoms with Crippen molar-refractivity contribution in [2.75, 3.05) is 13.2 Å². The van der Waals surface area contributed by atoms with E-state index in [2.05, 4.69) is 15.8 Å². The molecule has 0 aromatic heterocycles. The molecule has 2 fully saturated rings. The molecule has 1 saturated heterocycles. The maximum atomic E-state index is 5.50. The van der Waals surface area contributed by atoms with Gasteiger partial charge in [0.25, 0.3) is 0 Å². The quantitative estimate of drug-likeness (QED) is 0.581. The summed E-state index contributed by atoms with van der Waals surface area (Å²) in [5, 5.41) is 8.03. The molecule has 2 rings (SSSR count). The molecule has 0 radical (unpaired) electrons. The van der Waals surface area contributed by atoms with Crippen LogP contribution in [0.4, 0.5) is 0 Å². The Balaban J connectivity index is 1.62. The molecule has 5 heteroatoms. The number of thiocarbonyl (C=S) groups is 1. The first-order chi connectivity index (χ1) is 7.84. The van der Waals surface area contributed by atoms with Crippen molar-refractivity contribution in [3.05, 3.63) is 0 Å². The smallest absolute Gasteiger partial charge is 0.187 e. The normalized spacial score (nSPS) is 24.5. The van der Waals surface area contributed by atoms with Crippen molar-refractivity contribution in [1.82, 2.24) is 10.7 Å². The van der Waals surface area contributed by atoms with Gasteiger partial charge < -0.3 is 10.1 Å². The standard InChI is InChI=1S/C11H19N3OS/c16-11(12-8-10-6-3-7-15-10)14-13-9-4-1-2-5-9/h10H,1-8H2,(H2,12,14,16)/t10-/m1/s1. The van der Waals surface area contributed by atoms with Crippen LogP contribution in [0.15, 0.2) is 5.10 Å². The van der Waals surface area contributed by atoms with E-state index in [0.29, 0.717) is 11.2 Å². The average molecular weight is 241 g/mol. The second-order valence-corrected chi connectivity index (χ2v) is 4.75. The molecule has 1 atom stereocenters. The first-order valence-corrected chi connectivity index (χ1v) is 6.46. The van der Waals surface area contributed by atoms with Crippen LogP contribution in [0.5, 0.6) is 0 Å². The molecule has 0 aromatic carbocycles. The van der Waals surface area contributed by atoms with Crippen LogP contribution in [0, 0.1) is 0 Å². The Morgan fingerprint density at radius 1 is 1.38 bits per heavy atom. The first-order valence-electron chi connectivity index (χ1n) is 6.05. The molecule has 0 spiro atoms. The van der Waals surface area contributed by atoms with E-state index in [4.69, 9.17) is 17.0 Å². The third-order valence-electron chi connectivity index (χ3n) is 3.01. The Hall–Kier alpha value is -0.680. The van der Waals surface area contributed by atoms with Crippen molar-refractivity contribution >= 4 is 23.0 Å². The Labute approximate surface area is 102 Å². The van der Waals surface area contributed by atoms with E-state index in [-0.39, 0.29) is 0 Å². The molecule has 4 nitrogen and oxygen atoms in total. The van der Waals surface area contributed by atoms with Gasteiger partial charge in [-0.1, -0.05) is 0 Å². The Morgan fingerprint density at radius 3 is 2.88 bits per heavy atom. The maximum absolute atomic E-state index is 5.50. The van der Waals surface area contributed by atoms with Gasteiger partial charge in [-0.15, -0.1) is 0 Å². The zero-order valence-corrected chi connectivity index (χ0v) is 10.3. The fourth-order valence-electron chi connectivity index (χ4n) is 2.08. The highest BCUT2D eigenvalue weighted by molar-refractivity contribution is 7.80. The van der Waals surface area contributed by atoms with Crippen LogP contribution in [0.3, 0.4) is 0 Å². The fourth-order valence-corrected chi connectivity index (χ4v) is 2.21. The number of hydrazone groups is 1. The van der Waals surface area contributed by atoms with Gasteiger partial charge in [-0.2, -0.15) is 5.10 Å². The number of hydrogen-bond donors (Lipinski definition) is 2. The minimum Gasteiger partial charge on any atom is -0.376 e. The van der Waals surface area contributed by atoms with Gasteiger partial charge in [0.15, 0.2) is 5.11 Å². The lowest BCUT2D eigenvalue weighted by molar-refractivity contribution is 0.114. The minimum absolute atomic E-state index is 0.318. The molecule has 1 heterocycles. The van der Waals surface area contributed by atoms with E-state index in [1.165, 1.54) is 18.6 Å². The van der Waals surface area contributed by atoms with Crippen LogP contribution in [-0.2, 0) is 4.74 Å². The maximum Gasteiger partial charge on any atom is 0.187 e. The molecule has 16 heavy (non-hydrogen) atoms. The zero-order chi connectivity index (χ0) is 11.2. The molecule has 2 N–H and O–H groups in total. The number of rotatable bonds is 3. The molecule has 0 amide bonds. The summed E-state index contributed by atoms with van der Waals surface area (Å²) in [5.74, 6) is 0. The zero-order valence-electron chi connectivity index (χ0n) is 9.50. The Bertz CT molecular complexity index is 266. The van der Waals surface area contributed by atoms with E-state index >= 15 is 0 Å². The second kappa shape index (κ2) is 6.15. The van der Waals surface area contributed by atoms with E-state index in [0.717, 1.165) is 38.8 Å². The van der Waals surface area contributed by atoms with Crippen molar-refractivity contribution in [3.63, 3.8) is 0 Å². The summed E-state index contributed by atoms with van der Waals surface area (Å²) in [6, 6.07) is 0. The van der Waals surface area contributed by atoms with Crippen molar-refractivity contribution < 1.29 is 4.74 Å². The summed E-state index contributed by atoms with van der Waals surface area (Å²) < 4.78 is 5.50. The Kier molecular flexibility index (Phi) is 4.54. The predicted octanol–water partition coefficient (Wildman–Crippen LogP) is 1.56. The summed E-state index contributed by atoms with van der Waals surface area (Å²) >= 11 is 5.14. The summed E-state index contributed by atoms with van der Waals surface area (Å²) in [6.45, 7) is 1.67. The summed E-state index contributed by atoms with van der Waals surface area (Å²) in [7, 11) is 0. The largest absolute Gasteiger partial charge is 0.376 e. The van der Waals surface area contributed by atoms with Crippen LogP contribution in [0.1, 0.15) is 38.5 Å². The highest BCUT2D eigenvalue weighted by atomic mass is 32.1. The number of ether oxygens (including phenoxy) is 1. The van der Waals surface area contributed by atoms with Gasteiger partial charge in [-0.05, 0) is 50.7 Å². The Morgan fingerprint density at radius 2 is 2.19 bits per heavy atom. The van der Waals surface area contributed by atoms with E-state index in [1.807, 2.05) is 0 Å². The van der Waals surface area contributed by atoms with Gasteiger partial charge >= 0.3 is 0 Å². The monoisotopic (exact) mass is 241 g/mol. The minimum atomic E-state index is 0.318. The molecular formula is C11H19N3OS. The van der Waals surface area contributed by atoms with Crippen LogP contribution < -0.4 is 10.7 Å². The van der Waals surface area contributed by atoms with Gasteiger partial charge in [-0.25, -0.2) is 0 Å². The van der Waals surface area contributed by atoms with Crippen molar-refractivity contribution in [2.24, 2.45) is 5.10 Å². The van der Waals surface area contributed by atoms with Crippen molar-refractivity contribution in [2.45, 2.75) is 44.6 Å². The van der Waals surface area contributed by atoms with E-state index in [1.54, 1.807) is 0 Å². The van der Waals surface area contributed by atoms with E-state index in [9.17, 15) is 0 Å².